The van der Waals surface area contributed by atoms with Crippen LogP contribution in [0, 0.1) is 6.92 Å². The molecule has 0 saturated carbocycles. The summed E-state index contributed by atoms with van der Waals surface area (Å²) in [7, 11) is 0. The molecule has 0 N–H and O–H groups in total. The highest BCUT2D eigenvalue weighted by Gasteiger charge is 1.56. The van der Waals surface area contributed by atoms with E-state index >= 15 is 0 Å². The van der Waals surface area contributed by atoms with Crippen LogP contribution in [0.3, 0.4) is 0 Å². The maximum absolute atomic E-state index is 4.62. The highest BCUT2D eigenvalue weighted by atomic mass is 35.5. The predicted molar refractivity (Wildman–Crippen MR) is 17.2 cm³/mol. The van der Waals surface area contributed by atoms with Gasteiger partial charge in [-0.1, -0.05) is 0 Å². The molecule has 0 aliphatic rings. The summed E-state index contributed by atoms with van der Waals surface area (Å²) in [4.78, 5) is 0. The van der Waals surface area contributed by atoms with Crippen molar-refractivity contribution in [3.8, 4) is 0 Å². The van der Waals surface area contributed by atoms with E-state index in [9.17, 15) is 0 Å². The molecule has 1 radical (unpaired) electrons. The zero-order chi connectivity index (χ0) is 3.41. The van der Waals surface area contributed by atoms with Crippen LogP contribution in [0.4, 0.5) is 0 Å². The smallest absolute Gasteiger partial charge is 0.0683 e. The van der Waals surface area contributed by atoms with Gasteiger partial charge in [0.2, 0.25) is 0 Å². The minimum atomic E-state index is 0.335. The molecule has 0 spiro atoms. The Balaban J connectivity index is 1.97. The van der Waals surface area contributed by atoms with E-state index in [2.05, 4.69) is 23.1 Å². The summed E-state index contributed by atoms with van der Waals surface area (Å²) in [6.07, 6.45) is 0. The number of rotatable bonds is 1. The first kappa shape index (κ1) is 4.25. The van der Waals surface area contributed by atoms with Crippen LogP contribution < -0.4 is 0 Å². The average Bonchev–Trinajstić information content (AvgIpc) is 1.37. The molecule has 0 aromatic carbocycles. The molecule has 0 aliphatic carbocycles. The van der Waals surface area contributed by atoms with Gasteiger partial charge in [-0.2, -0.15) is 0 Å². The van der Waals surface area contributed by atoms with Gasteiger partial charge in [-0.25, -0.2) is 0 Å². The van der Waals surface area contributed by atoms with E-state index in [-0.39, 0.29) is 0 Å². The molecule has 0 bridgehead atoms. The van der Waals surface area contributed by atoms with Crippen molar-refractivity contribution >= 4 is 11.9 Å². The van der Waals surface area contributed by atoms with Crippen LogP contribution in [-0.2, 0) is 4.29 Å². The summed E-state index contributed by atoms with van der Waals surface area (Å²) in [5.74, 6) is 0. The lowest BCUT2D eigenvalue weighted by molar-refractivity contribution is 0.402. The Morgan fingerprint density at radius 3 is 2.25 bits per heavy atom. The standard InChI is InChI=1S/C2H4ClO/c1-2-4-3/h1-2H2. The van der Waals surface area contributed by atoms with Gasteiger partial charge in [-0.15, -0.1) is 0 Å². The van der Waals surface area contributed by atoms with Crippen LogP contribution in [0.25, 0.3) is 0 Å². The van der Waals surface area contributed by atoms with Crippen molar-refractivity contribution in [2.45, 2.75) is 0 Å². The molecule has 1 nitrogen and oxygen atoms in total. The molecule has 0 aliphatic heterocycles. The van der Waals surface area contributed by atoms with Gasteiger partial charge in [0.25, 0.3) is 0 Å². The van der Waals surface area contributed by atoms with E-state index < -0.39 is 0 Å². The quantitative estimate of drug-likeness (QED) is 0.456. The van der Waals surface area contributed by atoms with Crippen molar-refractivity contribution in [1.82, 2.24) is 0 Å². The van der Waals surface area contributed by atoms with Crippen molar-refractivity contribution < 1.29 is 4.29 Å². The Bertz CT molecular complexity index is 8.00. The van der Waals surface area contributed by atoms with Gasteiger partial charge in [0, 0.05) is 0 Å². The third-order valence-corrected chi connectivity index (χ3v) is 0.231. The van der Waals surface area contributed by atoms with E-state index in [0.717, 1.165) is 0 Å². The third kappa shape index (κ3) is 2.25. The topological polar surface area (TPSA) is 9.23 Å². The van der Waals surface area contributed by atoms with Crippen LogP contribution in [0.5, 0.6) is 0 Å². The second kappa shape index (κ2) is 3.25. The summed E-state index contributed by atoms with van der Waals surface area (Å²) >= 11 is 4.62. The summed E-state index contributed by atoms with van der Waals surface area (Å²) in [6, 6.07) is 0. The minimum Gasteiger partial charge on any atom is -0.279 e. The molecule has 4 heavy (non-hydrogen) atoms. The summed E-state index contributed by atoms with van der Waals surface area (Å²) < 4.78 is 3.90. The molecule has 0 saturated heterocycles. The number of hydrogen-bond donors (Lipinski definition) is 0. The molecular weight excluding hydrogens is 75.5 g/mol. The van der Waals surface area contributed by atoms with Crippen molar-refractivity contribution in [3.63, 3.8) is 0 Å². The summed E-state index contributed by atoms with van der Waals surface area (Å²) in [6.45, 7) is 3.58. The lowest BCUT2D eigenvalue weighted by Gasteiger charge is -1.70. The highest BCUT2D eigenvalue weighted by Crippen LogP contribution is 1.70. The van der Waals surface area contributed by atoms with Crippen molar-refractivity contribution in [3.05, 3.63) is 6.92 Å². The fourth-order valence-electron chi connectivity index (χ4n) is 0. The summed E-state index contributed by atoms with van der Waals surface area (Å²) in [5.41, 5.74) is 0. The van der Waals surface area contributed by atoms with Crippen molar-refractivity contribution in [2.24, 2.45) is 0 Å². The molecule has 25 valence electrons. The van der Waals surface area contributed by atoms with Gasteiger partial charge in [-0.05, 0) is 6.92 Å². The Kier molecular flexibility index (Phi) is 3.45. The number of halogens is 1. The van der Waals surface area contributed by atoms with Gasteiger partial charge in [-0.3, -0.25) is 4.29 Å². The Morgan fingerprint density at radius 1 is 2.00 bits per heavy atom. The lowest BCUT2D eigenvalue weighted by Crippen LogP contribution is -1.65. The zero-order valence-corrected chi connectivity index (χ0v) is 2.96. The van der Waals surface area contributed by atoms with Crippen LogP contribution in [0.2, 0.25) is 0 Å². The third-order valence-electron chi connectivity index (χ3n) is 0.0772. The normalized spacial score (nSPS) is 7.50. The Labute approximate surface area is 30.7 Å². The maximum atomic E-state index is 4.62. The molecule has 0 aromatic rings. The molecule has 2 heteroatoms. The van der Waals surface area contributed by atoms with Gasteiger partial charge in [0.1, 0.15) is 0 Å². The van der Waals surface area contributed by atoms with Crippen molar-refractivity contribution in [1.29, 1.82) is 0 Å². The van der Waals surface area contributed by atoms with Gasteiger partial charge in [0.05, 0.1) is 18.5 Å². The van der Waals surface area contributed by atoms with E-state index in [4.69, 9.17) is 0 Å². The molecule has 0 unspecified atom stereocenters. The molecule has 0 fully saturated rings. The predicted octanol–water partition coefficient (Wildman–Crippen LogP) is 0.991. The average molecular weight is 79.5 g/mol. The monoisotopic (exact) mass is 79.0 g/mol. The van der Waals surface area contributed by atoms with Crippen LogP contribution in [0.1, 0.15) is 0 Å². The van der Waals surface area contributed by atoms with Gasteiger partial charge >= 0.3 is 0 Å². The van der Waals surface area contributed by atoms with E-state index in [1.165, 1.54) is 0 Å². The minimum absolute atomic E-state index is 0.335. The highest BCUT2D eigenvalue weighted by molar-refractivity contribution is 6.07. The molecule has 0 rings (SSSR count). The fraction of sp³-hybridized carbons (Fsp3) is 0.500. The lowest BCUT2D eigenvalue weighted by atomic mass is 10.9. The van der Waals surface area contributed by atoms with Crippen LogP contribution in [-0.4, -0.2) is 6.61 Å². The van der Waals surface area contributed by atoms with E-state index in [0.29, 0.717) is 6.61 Å². The second-order valence-corrected chi connectivity index (χ2v) is 0.531. The van der Waals surface area contributed by atoms with Crippen molar-refractivity contribution in [2.75, 3.05) is 6.61 Å². The first-order valence-corrected chi connectivity index (χ1v) is 1.25. The largest absolute Gasteiger partial charge is 0.279 e. The molecule has 0 amide bonds. The molecule has 0 heterocycles. The Morgan fingerprint density at radius 2 is 2.25 bits per heavy atom. The molecule has 0 aromatic heterocycles. The molecule has 0 atom stereocenters. The summed E-state index contributed by atoms with van der Waals surface area (Å²) in [5, 5.41) is 0. The second-order valence-electron chi connectivity index (χ2n) is 0.313. The van der Waals surface area contributed by atoms with Gasteiger partial charge in [0.15, 0.2) is 0 Å². The van der Waals surface area contributed by atoms with Crippen LogP contribution >= 0.6 is 11.9 Å². The SMILES string of the molecule is [CH2]COCl. The van der Waals surface area contributed by atoms with Gasteiger partial charge < -0.3 is 0 Å². The first-order chi connectivity index (χ1) is 1.91. The van der Waals surface area contributed by atoms with E-state index in [1.807, 2.05) is 0 Å². The Hall–Kier alpha value is 0.250. The maximum Gasteiger partial charge on any atom is 0.0683 e. The van der Waals surface area contributed by atoms with Crippen LogP contribution in [0.15, 0.2) is 0 Å². The zero-order valence-electron chi connectivity index (χ0n) is 2.20. The molecular formula is C2H4ClO. The number of hydrogen-bond acceptors (Lipinski definition) is 1. The first-order valence-electron chi connectivity index (χ1n) is 0.943. The fourth-order valence-corrected chi connectivity index (χ4v) is 0. The van der Waals surface area contributed by atoms with E-state index in [1.54, 1.807) is 0 Å².